The zero-order valence-corrected chi connectivity index (χ0v) is 14.2. The largest absolute Gasteiger partial charge is 0.337 e. The SMILES string of the molecule is O=C1c2ccccc2C(=O)N1CCN1CCC(Cn2ccnc2)CC1. The first-order valence-corrected chi connectivity index (χ1v) is 8.85. The van der Waals surface area contributed by atoms with Crippen LogP contribution in [0.15, 0.2) is 43.0 Å². The molecule has 2 amide bonds. The number of rotatable bonds is 5. The summed E-state index contributed by atoms with van der Waals surface area (Å²) in [6, 6.07) is 7.07. The van der Waals surface area contributed by atoms with Crippen LogP contribution in [0.4, 0.5) is 0 Å². The number of piperidine rings is 1. The Labute approximate surface area is 147 Å². The van der Waals surface area contributed by atoms with Crippen molar-refractivity contribution in [2.75, 3.05) is 26.2 Å². The minimum Gasteiger partial charge on any atom is -0.337 e. The predicted octanol–water partition coefficient (Wildman–Crippen LogP) is 1.89. The number of hydrogen-bond donors (Lipinski definition) is 0. The number of carbonyl (C=O) groups is 2. The van der Waals surface area contributed by atoms with E-state index in [1.165, 1.54) is 4.90 Å². The van der Waals surface area contributed by atoms with Crippen LogP contribution in [0.2, 0.25) is 0 Å². The van der Waals surface area contributed by atoms with Crippen LogP contribution in [0.5, 0.6) is 0 Å². The number of benzene rings is 1. The van der Waals surface area contributed by atoms with Crippen LogP contribution >= 0.6 is 0 Å². The average molecular weight is 338 g/mol. The van der Waals surface area contributed by atoms with E-state index in [-0.39, 0.29) is 11.8 Å². The molecule has 1 aromatic heterocycles. The zero-order chi connectivity index (χ0) is 17.2. The molecular weight excluding hydrogens is 316 g/mol. The smallest absolute Gasteiger partial charge is 0.261 e. The maximum Gasteiger partial charge on any atom is 0.261 e. The van der Waals surface area contributed by atoms with Crippen molar-refractivity contribution >= 4 is 11.8 Å². The highest BCUT2D eigenvalue weighted by Crippen LogP contribution is 2.23. The molecule has 2 aromatic rings. The van der Waals surface area contributed by atoms with E-state index in [2.05, 4.69) is 14.5 Å². The molecule has 4 rings (SSSR count). The van der Waals surface area contributed by atoms with Gasteiger partial charge in [0.15, 0.2) is 0 Å². The van der Waals surface area contributed by atoms with Gasteiger partial charge in [-0.3, -0.25) is 14.5 Å². The lowest BCUT2D eigenvalue weighted by molar-refractivity contribution is 0.0624. The van der Waals surface area contributed by atoms with Gasteiger partial charge in [-0.25, -0.2) is 4.98 Å². The molecule has 130 valence electrons. The van der Waals surface area contributed by atoms with Crippen LogP contribution < -0.4 is 0 Å². The quantitative estimate of drug-likeness (QED) is 0.781. The summed E-state index contributed by atoms with van der Waals surface area (Å²) in [6.45, 7) is 4.28. The Bertz CT molecular complexity index is 728. The molecule has 1 fully saturated rings. The van der Waals surface area contributed by atoms with Gasteiger partial charge in [-0.2, -0.15) is 0 Å². The molecule has 3 heterocycles. The lowest BCUT2D eigenvalue weighted by atomic mass is 9.97. The molecule has 2 aliphatic heterocycles. The highest BCUT2D eigenvalue weighted by Gasteiger charge is 2.35. The Morgan fingerprint density at radius 2 is 1.68 bits per heavy atom. The summed E-state index contributed by atoms with van der Waals surface area (Å²) in [7, 11) is 0. The molecular formula is C19H22N4O2. The van der Waals surface area contributed by atoms with Crippen LogP contribution in [0, 0.1) is 5.92 Å². The van der Waals surface area contributed by atoms with Gasteiger partial charge in [-0.15, -0.1) is 0 Å². The molecule has 0 N–H and O–H groups in total. The van der Waals surface area contributed by atoms with Crippen LogP contribution in [0.25, 0.3) is 0 Å². The van der Waals surface area contributed by atoms with Gasteiger partial charge in [0.05, 0.1) is 17.5 Å². The third-order valence-corrected chi connectivity index (χ3v) is 5.25. The maximum atomic E-state index is 12.4. The van der Waals surface area contributed by atoms with E-state index in [1.54, 1.807) is 24.3 Å². The van der Waals surface area contributed by atoms with Crippen molar-refractivity contribution in [1.82, 2.24) is 19.4 Å². The Balaban J connectivity index is 1.27. The number of carbonyl (C=O) groups excluding carboxylic acids is 2. The second-order valence-corrected chi connectivity index (χ2v) is 6.85. The molecule has 2 aliphatic rings. The Morgan fingerprint density at radius 1 is 1.00 bits per heavy atom. The highest BCUT2D eigenvalue weighted by molar-refractivity contribution is 6.21. The van der Waals surface area contributed by atoms with Crippen molar-refractivity contribution < 1.29 is 9.59 Å². The molecule has 0 saturated carbocycles. The normalized spacial score (nSPS) is 18.8. The molecule has 0 aliphatic carbocycles. The van der Waals surface area contributed by atoms with E-state index in [9.17, 15) is 9.59 Å². The Morgan fingerprint density at radius 3 is 2.28 bits per heavy atom. The lowest BCUT2D eigenvalue weighted by Crippen LogP contribution is -2.42. The van der Waals surface area contributed by atoms with E-state index in [1.807, 2.05) is 18.7 Å². The number of amides is 2. The minimum atomic E-state index is -0.157. The highest BCUT2D eigenvalue weighted by atomic mass is 16.2. The standard InChI is InChI=1S/C19H22N4O2/c24-18-16-3-1-2-4-17(16)19(25)23(18)12-11-21-8-5-15(6-9-21)13-22-10-7-20-14-22/h1-4,7,10,14-15H,5-6,8-9,11-13H2. The molecule has 1 aromatic carbocycles. The molecule has 6 nitrogen and oxygen atoms in total. The van der Waals surface area contributed by atoms with Crippen molar-refractivity contribution in [1.29, 1.82) is 0 Å². The zero-order valence-electron chi connectivity index (χ0n) is 14.2. The maximum absolute atomic E-state index is 12.4. The fraction of sp³-hybridized carbons (Fsp3) is 0.421. The Kier molecular flexibility index (Phi) is 4.36. The predicted molar refractivity (Wildman–Crippen MR) is 93.2 cm³/mol. The molecule has 0 radical (unpaired) electrons. The van der Waals surface area contributed by atoms with E-state index >= 15 is 0 Å². The van der Waals surface area contributed by atoms with Gasteiger partial charge in [0, 0.05) is 32.0 Å². The number of fused-ring (bicyclic) bond motifs is 1. The summed E-state index contributed by atoms with van der Waals surface area (Å²) in [4.78, 5) is 32.6. The summed E-state index contributed by atoms with van der Waals surface area (Å²) in [6.07, 6.45) is 7.97. The number of hydrogen-bond acceptors (Lipinski definition) is 4. The van der Waals surface area contributed by atoms with Gasteiger partial charge in [0.25, 0.3) is 11.8 Å². The molecule has 6 heteroatoms. The van der Waals surface area contributed by atoms with Crippen LogP contribution in [-0.2, 0) is 6.54 Å². The first-order chi connectivity index (χ1) is 12.2. The van der Waals surface area contributed by atoms with E-state index in [0.717, 1.165) is 39.0 Å². The number of imidazole rings is 1. The molecule has 0 spiro atoms. The van der Waals surface area contributed by atoms with E-state index in [0.29, 0.717) is 23.6 Å². The van der Waals surface area contributed by atoms with Crippen molar-refractivity contribution in [3.05, 3.63) is 54.1 Å². The molecule has 0 atom stereocenters. The van der Waals surface area contributed by atoms with Gasteiger partial charge in [-0.05, 0) is 44.0 Å². The first kappa shape index (κ1) is 16.0. The fourth-order valence-electron chi connectivity index (χ4n) is 3.77. The summed E-state index contributed by atoms with van der Waals surface area (Å²) >= 11 is 0. The number of imide groups is 1. The number of aromatic nitrogens is 2. The summed E-state index contributed by atoms with van der Waals surface area (Å²) < 4.78 is 2.14. The topological polar surface area (TPSA) is 58.4 Å². The minimum absolute atomic E-state index is 0.157. The monoisotopic (exact) mass is 338 g/mol. The number of likely N-dealkylation sites (tertiary alicyclic amines) is 1. The van der Waals surface area contributed by atoms with Gasteiger partial charge >= 0.3 is 0 Å². The summed E-state index contributed by atoms with van der Waals surface area (Å²) in [5, 5.41) is 0. The molecule has 0 unspecified atom stereocenters. The third kappa shape index (κ3) is 3.22. The molecule has 0 bridgehead atoms. The summed E-state index contributed by atoms with van der Waals surface area (Å²) in [5.74, 6) is 0.357. The fourth-order valence-corrected chi connectivity index (χ4v) is 3.77. The third-order valence-electron chi connectivity index (χ3n) is 5.25. The second kappa shape index (κ2) is 6.80. The van der Waals surface area contributed by atoms with Crippen molar-refractivity contribution in [2.24, 2.45) is 5.92 Å². The first-order valence-electron chi connectivity index (χ1n) is 8.85. The molecule has 25 heavy (non-hydrogen) atoms. The summed E-state index contributed by atoms with van der Waals surface area (Å²) in [5.41, 5.74) is 1.07. The second-order valence-electron chi connectivity index (χ2n) is 6.85. The van der Waals surface area contributed by atoms with Gasteiger partial charge in [-0.1, -0.05) is 12.1 Å². The van der Waals surface area contributed by atoms with E-state index < -0.39 is 0 Å². The van der Waals surface area contributed by atoms with Gasteiger partial charge in [0.2, 0.25) is 0 Å². The van der Waals surface area contributed by atoms with Crippen LogP contribution in [0.3, 0.4) is 0 Å². The van der Waals surface area contributed by atoms with Crippen molar-refractivity contribution in [2.45, 2.75) is 19.4 Å². The van der Waals surface area contributed by atoms with Crippen LogP contribution in [0.1, 0.15) is 33.6 Å². The Hall–Kier alpha value is -2.47. The van der Waals surface area contributed by atoms with Crippen molar-refractivity contribution in [3.8, 4) is 0 Å². The van der Waals surface area contributed by atoms with Gasteiger partial charge in [0.1, 0.15) is 0 Å². The van der Waals surface area contributed by atoms with Crippen molar-refractivity contribution in [3.63, 3.8) is 0 Å². The lowest BCUT2D eigenvalue weighted by Gasteiger charge is -2.32. The average Bonchev–Trinajstić information content (AvgIpc) is 3.23. The van der Waals surface area contributed by atoms with E-state index in [4.69, 9.17) is 0 Å². The van der Waals surface area contributed by atoms with Crippen LogP contribution in [-0.4, -0.2) is 57.3 Å². The molecule has 1 saturated heterocycles. The number of nitrogens with zero attached hydrogens (tertiary/aromatic N) is 4. The van der Waals surface area contributed by atoms with Gasteiger partial charge < -0.3 is 9.47 Å².